The molecule has 0 aliphatic heterocycles. The SMILES string of the molecule is CCc1cccc(NS(=O)(=O)c2ccc(Br)c(C)c2)c1. The third-order valence-corrected chi connectivity index (χ3v) is 5.30. The van der Waals surface area contributed by atoms with E-state index in [4.69, 9.17) is 0 Å². The third-order valence-electron chi connectivity index (χ3n) is 3.03. The maximum absolute atomic E-state index is 12.3. The van der Waals surface area contributed by atoms with Gasteiger partial charge in [-0.3, -0.25) is 4.72 Å². The topological polar surface area (TPSA) is 46.2 Å². The number of nitrogens with one attached hydrogen (secondary N) is 1. The van der Waals surface area contributed by atoms with Gasteiger partial charge in [0.2, 0.25) is 0 Å². The minimum atomic E-state index is -3.55. The predicted molar refractivity (Wildman–Crippen MR) is 85.5 cm³/mol. The van der Waals surface area contributed by atoms with Gasteiger partial charge < -0.3 is 0 Å². The second-order valence-corrected chi connectivity index (χ2v) is 7.11. The van der Waals surface area contributed by atoms with Gasteiger partial charge in [-0.25, -0.2) is 8.42 Å². The van der Waals surface area contributed by atoms with Gasteiger partial charge >= 0.3 is 0 Å². The molecule has 3 nitrogen and oxygen atoms in total. The van der Waals surface area contributed by atoms with E-state index < -0.39 is 10.0 Å². The summed E-state index contributed by atoms with van der Waals surface area (Å²) >= 11 is 3.37. The lowest BCUT2D eigenvalue weighted by atomic mass is 10.1. The predicted octanol–water partition coefficient (Wildman–Crippen LogP) is 4.12. The second-order valence-electron chi connectivity index (χ2n) is 4.57. The number of aryl methyl sites for hydroxylation is 2. The van der Waals surface area contributed by atoms with E-state index in [1.165, 1.54) is 0 Å². The second kappa shape index (κ2) is 5.97. The number of halogens is 1. The molecule has 0 aliphatic carbocycles. The number of rotatable bonds is 4. The van der Waals surface area contributed by atoms with Gasteiger partial charge in [0, 0.05) is 10.2 Å². The molecule has 0 saturated carbocycles. The summed E-state index contributed by atoms with van der Waals surface area (Å²) in [4.78, 5) is 0.264. The molecule has 0 unspecified atom stereocenters. The van der Waals surface area contributed by atoms with E-state index in [1.54, 1.807) is 24.3 Å². The molecule has 0 aromatic heterocycles. The number of hydrogen-bond acceptors (Lipinski definition) is 2. The first kappa shape index (κ1) is 15.1. The molecule has 0 radical (unpaired) electrons. The van der Waals surface area contributed by atoms with Gasteiger partial charge in [-0.15, -0.1) is 0 Å². The molecule has 20 heavy (non-hydrogen) atoms. The van der Waals surface area contributed by atoms with E-state index in [2.05, 4.69) is 20.7 Å². The van der Waals surface area contributed by atoms with Gasteiger partial charge in [-0.05, 0) is 54.8 Å². The van der Waals surface area contributed by atoms with Crippen LogP contribution in [0, 0.1) is 6.92 Å². The summed E-state index contributed by atoms with van der Waals surface area (Å²) in [6, 6.07) is 12.4. The minimum Gasteiger partial charge on any atom is -0.280 e. The number of sulfonamides is 1. The molecule has 0 amide bonds. The summed E-state index contributed by atoms with van der Waals surface area (Å²) in [6.45, 7) is 3.90. The third kappa shape index (κ3) is 3.41. The monoisotopic (exact) mass is 353 g/mol. The van der Waals surface area contributed by atoms with E-state index in [9.17, 15) is 8.42 Å². The van der Waals surface area contributed by atoms with Gasteiger partial charge in [0.1, 0.15) is 0 Å². The highest BCUT2D eigenvalue weighted by atomic mass is 79.9. The molecule has 2 rings (SSSR count). The number of benzene rings is 2. The van der Waals surface area contributed by atoms with Gasteiger partial charge in [0.15, 0.2) is 0 Å². The van der Waals surface area contributed by atoms with Crippen LogP contribution in [0.5, 0.6) is 0 Å². The molecule has 0 saturated heterocycles. The van der Waals surface area contributed by atoms with Crippen LogP contribution < -0.4 is 4.72 Å². The van der Waals surface area contributed by atoms with Crippen molar-refractivity contribution in [2.45, 2.75) is 25.2 Å². The average Bonchev–Trinajstić information content (AvgIpc) is 2.41. The Kier molecular flexibility index (Phi) is 4.50. The van der Waals surface area contributed by atoms with Gasteiger partial charge in [-0.1, -0.05) is 35.0 Å². The lowest BCUT2D eigenvalue weighted by molar-refractivity contribution is 0.601. The fourth-order valence-electron chi connectivity index (χ4n) is 1.85. The highest BCUT2D eigenvalue weighted by Gasteiger charge is 2.15. The maximum Gasteiger partial charge on any atom is 0.261 e. The normalized spacial score (nSPS) is 11.3. The molecule has 0 atom stereocenters. The zero-order chi connectivity index (χ0) is 14.8. The smallest absolute Gasteiger partial charge is 0.261 e. The Morgan fingerprint density at radius 1 is 1.15 bits per heavy atom. The Hall–Kier alpha value is -1.33. The van der Waals surface area contributed by atoms with Crippen LogP contribution >= 0.6 is 15.9 Å². The van der Waals surface area contributed by atoms with Crippen molar-refractivity contribution in [3.63, 3.8) is 0 Å². The van der Waals surface area contributed by atoms with Crippen LogP contribution in [0.4, 0.5) is 5.69 Å². The lowest BCUT2D eigenvalue weighted by Crippen LogP contribution is -2.13. The van der Waals surface area contributed by atoms with Crippen molar-refractivity contribution in [2.75, 3.05) is 4.72 Å². The summed E-state index contributed by atoms with van der Waals surface area (Å²) in [5.41, 5.74) is 2.57. The van der Waals surface area contributed by atoms with Crippen molar-refractivity contribution < 1.29 is 8.42 Å². The molecular formula is C15H16BrNO2S. The Bertz CT molecular complexity index is 726. The van der Waals surface area contributed by atoms with E-state index in [0.29, 0.717) is 5.69 Å². The first-order valence-corrected chi connectivity index (χ1v) is 8.58. The molecule has 1 N–H and O–H groups in total. The molecule has 0 aliphatic rings. The minimum absolute atomic E-state index is 0.264. The molecule has 0 spiro atoms. The Labute approximate surface area is 128 Å². The molecule has 2 aromatic carbocycles. The lowest BCUT2D eigenvalue weighted by Gasteiger charge is -2.10. The van der Waals surface area contributed by atoms with E-state index >= 15 is 0 Å². The first-order valence-electron chi connectivity index (χ1n) is 6.30. The average molecular weight is 354 g/mol. The zero-order valence-corrected chi connectivity index (χ0v) is 13.8. The first-order chi connectivity index (χ1) is 9.42. The Morgan fingerprint density at radius 3 is 2.55 bits per heavy atom. The van der Waals surface area contributed by atoms with Crippen molar-refractivity contribution in [3.8, 4) is 0 Å². The zero-order valence-electron chi connectivity index (χ0n) is 11.4. The molecule has 2 aromatic rings. The summed E-state index contributed by atoms with van der Waals surface area (Å²) in [6.07, 6.45) is 0.868. The molecule has 5 heteroatoms. The fourth-order valence-corrected chi connectivity index (χ4v) is 3.23. The number of hydrogen-bond donors (Lipinski definition) is 1. The Balaban J connectivity index is 2.32. The molecule has 0 bridgehead atoms. The van der Waals surface area contributed by atoms with E-state index in [-0.39, 0.29) is 4.90 Å². The van der Waals surface area contributed by atoms with Gasteiger partial charge in [0.05, 0.1) is 4.90 Å². The fraction of sp³-hybridized carbons (Fsp3) is 0.200. The van der Waals surface area contributed by atoms with Crippen LogP contribution in [-0.4, -0.2) is 8.42 Å². The number of anilines is 1. The largest absolute Gasteiger partial charge is 0.280 e. The van der Waals surface area contributed by atoms with Crippen LogP contribution in [0.1, 0.15) is 18.1 Å². The maximum atomic E-state index is 12.3. The summed E-state index contributed by atoms with van der Waals surface area (Å²) < 4.78 is 28.2. The van der Waals surface area contributed by atoms with E-state index in [1.807, 2.05) is 32.0 Å². The molecular weight excluding hydrogens is 338 g/mol. The summed E-state index contributed by atoms with van der Waals surface area (Å²) in [5.74, 6) is 0. The Morgan fingerprint density at radius 2 is 1.90 bits per heavy atom. The van der Waals surface area contributed by atoms with Crippen LogP contribution in [0.25, 0.3) is 0 Å². The van der Waals surface area contributed by atoms with Crippen LogP contribution in [0.15, 0.2) is 51.8 Å². The van der Waals surface area contributed by atoms with Gasteiger partial charge in [0.25, 0.3) is 10.0 Å². The van der Waals surface area contributed by atoms with Crippen LogP contribution in [-0.2, 0) is 16.4 Å². The molecule has 0 fully saturated rings. The molecule has 106 valence electrons. The van der Waals surface area contributed by atoms with Crippen LogP contribution in [0.3, 0.4) is 0 Å². The standard InChI is InChI=1S/C15H16BrNO2S/c1-3-12-5-4-6-13(10-12)17-20(18,19)14-7-8-15(16)11(2)9-14/h4-10,17H,3H2,1-2H3. The highest BCUT2D eigenvalue weighted by molar-refractivity contribution is 9.10. The molecule has 0 heterocycles. The van der Waals surface area contributed by atoms with Crippen molar-refractivity contribution in [3.05, 3.63) is 58.1 Å². The van der Waals surface area contributed by atoms with Crippen molar-refractivity contribution in [1.29, 1.82) is 0 Å². The summed E-state index contributed by atoms with van der Waals surface area (Å²) in [5, 5.41) is 0. The van der Waals surface area contributed by atoms with Crippen molar-refractivity contribution in [1.82, 2.24) is 0 Å². The van der Waals surface area contributed by atoms with Gasteiger partial charge in [-0.2, -0.15) is 0 Å². The summed E-state index contributed by atoms with van der Waals surface area (Å²) in [7, 11) is -3.55. The quantitative estimate of drug-likeness (QED) is 0.898. The van der Waals surface area contributed by atoms with Crippen LogP contribution in [0.2, 0.25) is 0 Å². The highest BCUT2D eigenvalue weighted by Crippen LogP contribution is 2.22. The van der Waals surface area contributed by atoms with Crippen molar-refractivity contribution >= 4 is 31.6 Å². The van der Waals surface area contributed by atoms with Crippen molar-refractivity contribution in [2.24, 2.45) is 0 Å². The van der Waals surface area contributed by atoms with E-state index in [0.717, 1.165) is 22.0 Å².